The third-order valence-corrected chi connectivity index (χ3v) is 7.59. The number of thioether (sulfide) groups is 1. The molecule has 0 bridgehead atoms. The molecule has 116 valence electrons. The third-order valence-electron chi connectivity index (χ3n) is 3.87. The van der Waals surface area contributed by atoms with Gasteiger partial charge in [0.15, 0.2) is 0 Å². The van der Waals surface area contributed by atoms with Crippen molar-refractivity contribution in [3.63, 3.8) is 0 Å². The molecule has 0 radical (unpaired) electrons. The van der Waals surface area contributed by atoms with E-state index >= 15 is 0 Å². The summed E-state index contributed by atoms with van der Waals surface area (Å²) in [5.74, 6) is 0.828. The van der Waals surface area contributed by atoms with Gasteiger partial charge in [-0.1, -0.05) is 25.2 Å². The zero-order valence-corrected chi connectivity index (χ0v) is 14.8. The largest absolute Gasteiger partial charge is 0.389 e. The van der Waals surface area contributed by atoms with E-state index in [9.17, 15) is 8.42 Å². The van der Waals surface area contributed by atoms with Gasteiger partial charge in [-0.3, -0.25) is 0 Å². The summed E-state index contributed by atoms with van der Waals surface area (Å²) >= 11 is 6.74. The number of sulfonamides is 1. The number of benzene rings is 1. The van der Waals surface area contributed by atoms with E-state index in [-0.39, 0.29) is 11.0 Å². The maximum atomic E-state index is 12.9. The van der Waals surface area contributed by atoms with Crippen LogP contribution in [0.4, 0.5) is 0 Å². The minimum atomic E-state index is -3.48. The number of hydrogen-bond acceptors (Lipinski definition) is 4. The fourth-order valence-electron chi connectivity index (χ4n) is 2.46. The van der Waals surface area contributed by atoms with Crippen LogP contribution in [0.2, 0.25) is 0 Å². The molecule has 4 nitrogen and oxygen atoms in total. The number of nitrogens with two attached hydrogens (primary N) is 1. The van der Waals surface area contributed by atoms with Crippen LogP contribution in [0.1, 0.15) is 25.0 Å². The first kappa shape index (κ1) is 16.7. The molecule has 2 rings (SSSR count). The van der Waals surface area contributed by atoms with E-state index in [2.05, 4.69) is 6.92 Å². The van der Waals surface area contributed by atoms with Crippen LogP contribution in [0, 0.1) is 6.92 Å². The van der Waals surface area contributed by atoms with Crippen LogP contribution < -0.4 is 5.73 Å². The zero-order valence-electron chi connectivity index (χ0n) is 12.4. The monoisotopic (exact) mass is 344 g/mol. The van der Waals surface area contributed by atoms with Gasteiger partial charge in [0.25, 0.3) is 0 Å². The lowest BCUT2D eigenvalue weighted by atomic mass is 10.1. The maximum absolute atomic E-state index is 12.9. The Morgan fingerprint density at radius 1 is 1.43 bits per heavy atom. The van der Waals surface area contributed by atoms with E-state index < -0.39 is 10.0 Å². The smallest absolute Gasteiger partial charge is 0.243 e. The van der Waals surface area contributed by atoms with Gasteiger partial charge in [-0.15, -0.1) is 0 Å². The summed E-state index contributed by atoms with van der Waals surface area (Å²) in [6, 6.07) is 5.01. The van der Waals surface area contributed by atoms with Crippen LogP contribution >= 0.6 is 24.0 Å². The van der Waals surface area contributed by atoms with E-state index in [1.165, 1.54) is 0 Å². The molecular weight excluding hydrogens is 324 g/mol. The van der Waals surface area contributed by atoms with Crippen molar-refractivity contribution >= 4 is 39.0 Å². The minimum absolute atomic E-state index is 0.0107. The third kappa shape index (κ3) is 3.26. The molecule has 1 aliphatic rings. The number of hydrogen-bond donors (Lipinski definition) is 1. The van der Waals surface area contributed by atoms with Gasteiger partial charge in [-0.25, -0.2) is 8.42 Å². The van der Waals surface area contributed by atoms with Crippen molar-refractivity contribution in [1.29, 1.82) is 0 Å². The average Bonchev–Trinajstić information content (AvgIpc) is 2.41. The number of thiocarbonyl (C=S) groups is 1. The Morgan fingerprint density at radius 2 is 2.10 bits per heavy atom. The number of rotatable bonds is 3. The SMILES string of the molecule is Cc1cc(C(N)=S)ccc1S(=O)(=O)N1CCSC(C)C1C. The summed E-state index contributed by atoms with van der Waals surface area (Å²) in [4.78, 5) is 0.617. The maximum Gasteiger partial charge on any atom is 0.243 e. The van der Waals surface area contributed by atoms with E-state index in [0.717, 1.165) is 5.75 Å². The van der Waals surface area contributed by atoms with Crippen LogP contribution in [0.15, 0.2) is 23.1 Å². The molecule has 0 spiro atoms. The van der Waals surface area contributed by atoms with Gasteiger partial charge in [0.2, 0.25) is 10.0 Å². The highest BCUT2D eigenvalue weighted by Crippen LogP contribution is 2.30. The van der Waals surface area contributed by atoms with E-state index in [0.29, 0.717) is 27.8 Å². The Balaban J connectivity index is 2.42. The highest BCUT2D eigenvalue weighted by Gasteiger charge is 2.35. The highest BCUT2D eigenvalue weighted by atomic mass is 32.2. The van der Waals surface area contributed by atoms with Crippen LogP contribution in [0.25, 0.3) is 0 Å². The quantitative estimate of drug-likeness (QED) is 0.851. The lowest BCUT2D eigenvalue weighted by Gasteiger charge is -2.36. The Hall–Kier alpha value is -0.630. The summed E-state index contributed by atoms with van der Waals surface area (Å²) in [6.45, 7) is 6.36. The van der Waals surface area contributed by atoms with Crippen molar-refractivity contribution in [3.8, 4) is 0 Å². The molecular formula is C14H20N2O2S3. The fourth-order valence-corrected chi connectivity index (χ4v) is 5.79. The molecule has 0 aromatic heterocycles. The highest BCUT2D eigenvalue weighted by molar-refractivity contribution is 8.00. The summed E-state index contributed by atoms with van der Waals surface area (Å²) in [5, 5.41) is 0.296. The first-order chi connectivity index (χ1) is 9.75. The number of nitrogens with zero attached hydrogens (tertiary/aromatic N) is 1. The van der Waals surface area contributed by atoms with Gasteiger partial charge in [0.1, 0.15) is 4.99 Å². The number of aryl methyl sites for hydroxylation is 1. The predicted octanol–water partition coefficient (Wildman–Crippen LogP) is 2.14. The van der Waals surface area contributed by atoms with Crippen molar-refractivity contribution in [1.82, 2.24) is 4.31 Å². The van der Waals surface area contributed by atoms with Crippen molar-refractivity contribution in [3.05, 3.63) is 29.3 Å². The van der Waals surface area contributed by atoms with Crippen LogP contribution in [0.3, 0.4) is 0 Å². The lowest BCUT2D eigenvalue weighted by Crippen LogP contribution is -2.47. The molecule has 1 fully saturated rings. The first-order valence-corrected chi connectivity index (χ1v) is 9.68. The molecule has 1 aliphatic heterocycles. The summed E-state index contributed by atoms with van der Waals surface area (Å²) in [7, 11) is -3.48. The molecule has 1 heterocycles. The fraction of sp³-hybridized carbons (Fsp3) is 0.500. The van der Waals surface area contributed by atoms with Gasteiger partial charge in [-0.2, -0.15) is 16.1 Å². The van der Waals surface area contributed by atoms with Gasteiger partial charge in [0.05, 0.1) is 4.90 Å². The first-order valence-electron chi connectivity index (χ1n) is 6.79. The summed E-state index contributed by atoms with van der Waals surface area (Å²) in [6.07, 6.45) is 0. The molecule has 1 aromatic carbocycles. The topological polar surface area (TPSA) is 63.4 Å². The van der Waals surface area contributed by atoms with Crippen molar-refractivity contribution in [2.24, 2.45) is 5.73 Å². The van der Waals surface area contributed by atoms with Gasteiger partial charge in [-0.05, 0) is 31.5 Å². The zero-order chi connectivity index (χ0) is 15.8. The lowest BCUT2D eigenvalue weighted by molar-refractivity contribution is 0.340. The molecule has 2 atom stereocenters. The van der Waals surface area contributed by atoms with Gasteiger partial charge in [0, 0.05) is 29.2 Å². The minimum Gasteiger partial charge on any atom is -0.389 e. The molecule has 2 N–H and O–H groups in total. The second-order valence-corrected chi connectivity index (χ2v) is 9.06. The Morgan fingerprint density at radius 3 is 2.67 bits per heavy atom. The molecule has 7 heteroatoms. The molecule has 0 saturated carbocycles. The van der Waals surface area contributed by atoms with E-state index in [1.54, 1.807) is 29.4 Å². The van der Waals surface area contributed by atoms with E-state index in [1.807, 2.05) is 18.7 Å². The normalized spacial score (nSPS) is 24.0. The summed E-state index contributed by atoms with van der Waals surface area (Å²) in [5.41, 5.74) is 6.96. The Kier molecular flexibility index (Phi) is 4.97. The second-order valence-electron chi connectivity index (χ2n) is 5.28. The van der Waals surface area contributed by atoms with Crippen molar-refractivity contribution in [2.45, 2.75) is 37.0 Å². The van der Waals surface area contributed by atoms with Crippen molar-refractivity contribution < 1.29 is 8.42 Å². The molecule has 1 aromatic rings. The van der Waals surface area contributed by atoms with Crippen LogP contribution in [0.5, 0.6) is 0 Å². The Bertz CT molecular complexity index is 658. The second kappa shape index (κ2) is 6.24. The van der Waals surface area contributed by atoms with Crippen LogP contribution in [-0.2, 0) is 10.0 Å². The summed E-state index contributed by atoms with van der Waals surface area (Å²) < 4.78 is 27.4. The van der Waals surface area contributed by atoms with Crippen molar-refractivity contribution in [2.75, 3.05) is 12.3 Å². The standard InChI is InChI=1S/C14H20N2O2S3/c1-9-8-12(14(15)19)4-5-13(9)21(17,18)16-6-7-20-11(3)10(16)2/h4-5,8,10-11H,6-7H2,1-3H3,(H2,15,19). The molecule has 2 unspecified atom stereocenters. The molecule has 1 saturated heterocycles. The average molecular weight is 345 g/mol. The van der Waals surface area contributed by atoms with E-state index in [4.69, 9.17) is 18.0 Å². The van der Waals surface area contributed by atoms with Gasteiger partial charge < -0.3 is 5.73 Å². The van der Waals surface area contributed by atoms with Gasteiger partial charge >= 0.3 is 0 Å². The van der Waals surface area contributed by atoms with Crippen LogP contribution in [-0.4, -0.2) is 41.3 Å². The molecule has 21 heavy (non-hydrogen) atoms. The Labute approximate surface area is 136 Å². The molecule has 0 aliphatic carbocycles. The predicted molar refractivity (Wildman–Crippen MR) is 92.3 cm³/mol. The molecule has 0 amide bonds.